The molecule has 142 valence electrons. The lowest BCUT2D eigenvalue weighted by Gasteiger charge is -2.33. The molecule has 0 aliphatic carbocycles. The number of aryl methyl sites for hydroxylation is 2. The highest BCUT2D eigenvalue weighted by molar-refractivity contribution is 5.96. The SMILES string of the molecule is Cc1cccc(CCC(=O)Nc2ccc(C(=O)N3CCOCC3C)cc2)c1. The second kappa shape index (κ2) is 8.82. The summed E-state index contributed by atoms with van der Waals surface area (Å²) in [5.41, 5.74) is 3.69. The predicted molar refractivity (Wildman–Crippen MR) is 106 cm³/mol. The van der Waals surface area contributed by atoms with Gasteiger partial charge >= 0.3 is 0 Å². The third-order valence-electron chi connectivity index (χ3n) is 4.77. The molecule has 27 heavy (non-hydrogen) atoms. The highest BCUT2D eigenvalue weighted by Crippen LogP contribution is 2.16. The Morgan fingerprint density at radius 3 is 2.67 bits per heavy atom. The number of hydrogen-bond acceptors (Lipinski definition) is 3. The van der Waals surface area contributed by atoms with Gasteiger partial charge in [0.1, 0.15) is 0 Å². The van der Waals surface area contributed by atoms with Gasteiger partial charge in [-0.1, -0.05) is 29.8 Å². The van der Waals surface area contributed by atoms with Crippen molar-refractivity contribution in [1.29, 1.82) is 0 Å². The predicted octanol–water partition coefficient (Wildman–Crippen LogP) is 3.43. The number of rotatable bonds is 5. The van der Waals surface area contributed by atoms with Crippen molar-refractivity contribution in [2.75, 3.05) is 25.1 Å². The van der Waals surface area contributed by atoms with Crippen LogP contribution in [0, 0.1) is 6.92 Å². The highest BCUT2D eigenvalue weighted by atomic mass is 16.5. The van der Waals surface area contributed by atoms with Crippen molar-refractivity contribution in [1.82, 2.24) is 4.90 Å². The first-order chi connectivity index (χ1) is 13.0. The summed E-state index contributed by atoms with van der Waals surface area (Å²) >= 11 is 0. The van der Waals surface area contributed by atoms with Gasteiger partial charge in [-0.05, 0) is 50.1 Å². The molecule has 0 radical (unpaired) electrons. The van der Waals surface area contributed by atoms with Crippen LogP contribution in [0.5, 0.6) is 0 Å². The fourth-order valence-corrected chi connectivity index (χ4v) is 3.24. The van der Waals surface area contributed by atoms with E-state index in [4.69, 9.17) is 4.74 Å². The summed E-state index contributed by atoms with van der Waals surface area (Å²) in [4.78, 5) is 26.6. The van der Waals surface area contributed by atoms with E-state index < -0.39 is 0 Å². The van der Waals surface area contributed by atoms with Crippen LogP contribution >= 0.6 is 0 Å². The summed E-state index contributed by atoms with van der Waals surface area (Å²) in [6.07, 6.45) is 1.13. The van der Waals surface area contributed by atoms with Gasteiger partial charge in [0.2, 0.25) is 5.91 Å². The zero-order chi connectivity index (χ0) is 19.2. The first-order valence-corrected chi connectivity index (χ1v) is 9.37. The second-order valence-corrected chi connectivity index (χ2v) is 7.04. The summed E-state index contributed by atoms with van der Waals surface area (Å²) in [6.45, 7) is 5.79. The topological polar surface area (TPSA) is 58.6 Å². The number of nitrogens with zero attached hydrogens (tertiary/aromatic N) is 1. The van der Waals surface area contributed by atoms with Crippen molar-refractivity contribution in [3.63, 3.8) is 0 Å². The minimum atomic E-state index is -0.0302. The van der Waals surface area contributed by atoms with E-state index in [1.54, 1.807) is 24.3 Å². The zero-order valence-electron chi connectivity index (χ0n) is 15.9. The molecule has 1 unspecified atom stereocenters. The fourth-order valence-electron chi connectivity index (χ4n) is 3.24. The minimum Gasteiger partial charge on any atom is -0.377 e. The van der Waals surface area contributed by atoms with Crippen molar-refractivity contribution in [2.24, 2.45) is 0 Å². The number of nitrogens with one attached hydrogen (secondary N) is 1. The van der Waals surface area contributed by atoms with Crippen LogP contribution < -0.4 is 5.32 Å². The Labute approximate surface area is 160 Å². The molecule has 1 atom stereocenters. The van der Waals surface area contributed by atoms with Crippen molar-refractivity contribution in [3.8, 4) is 0 Å². The number of ether oxygens (including phenoxy) is 1. The monoisotopic (exact) mass is 366 g/mol. The summed E-state index contributed by atoms with van der Waals surface area (Å²) in [5.74, 6) is -0.0273. The lowest BCUT2D eigenvalue weighted by atomic mass is 10.1. The molecule has 0 saturated carbocycles. The van der Waals surface area contributed by atoms with Gasteiger partial charge in [0.15, 0.2) is 0 Å². The number of amides is 2. The molecule has 0 aromatic heterocycles. The molecular formula is C22H26N2O3. The molecule has 1 saturated heterocycles. The molecule has 5 heteroatoms. The Kier molecular flexibility index (Phi) is 6.24. The number of morpholine rings is 1. The van der Waals surface area contributed by atoms with E-state index in [-0.39, 0.29) is 17.9 Å². The van der Waals surface area contributed by atoms with Gasteiger partial charge in [-0.3, -0.25) is 9.59 Å². The van der Waals surface area contributed by atoms with Crippen LogP contribution in [0.25, 0.3) is 0 Å². The normalized spacial score (nSPS) is 16.8. The summed E-state index contributed by atoms with van der Waals surface area (Å²) in [7, 11) is 0. The molecule has 1 aliphatic heterocycles. The highest BCUT2D eigenvalue weighted by Gasteiger charge is 2.24. The number of benzene rings is 2. The molecule has 1 fully saturated rings. The quantitative estimate of drug-likeness (QED) is 0.882. The van der Waals surface area contributed by atoms with E-state index >= 15 is 0 Å². The number of anilines is 1. The van der Waals surface area contributed by atoms with Crippen molar-refractivity contribution >= 4 is 17.5 Å². The van der Waals surface area contributed by atoms with Crippen LogP contribution in [0.2, 0.25) is 0 Å². The van der Waals surface area contributed by atoms with Crippen molar-refractivity contribution in [2.45, 2.75) is 32.7 Å². The van der Waals surface area contributed by atoms with Gasteiger partial charge in [-0.25, -0.2) is 0 Å². The van der Waals surface area contributed by atoms with Gasteiger partial charge in [-0.15, -0.1) is 0 Å². The van der Waals surface area contributed by atoms with E-state index in [9.17, 15) is 9.59 Å². The largest absolute Gasteiger partial charge is 0.377 e. The Morgan fingerprint density at radius 2 is 1.96 bits per heavy atom. The maximum absolute atomic E-state index is 12.6. The van der Waals surface area contributed by atoms with Crippen LogP contribution in [0.15, 0.2) is 48.5 Å². The molecule has 1 heterocycles. The van der Waals surface area contributed by atoms with E-state index in [2.05, 4.69) is 11.4 Å². The average molecular weight is 366 g/mol. The zero-order valence-corrected chi connectivity index (χ0v) is 15.9. The molecule has 0 bridgehead atoms. The summed E-state index contributed by atoms with van der Waals surface area (Å²) in [5, 5.41) is 2.90. The molecule has 3 rings (SSSR count). The first-order valence-electron chi connectivity index (χ1n) is 9.37. The lowest BCUT2D eigenvalue weighted by Crippen LogP contribution is -2.47. The number of carbonyl (C=O) groups is 2. The smallest absolute Gasteiger partial charge is 0.254 e. The number of carbonyl (C=O) groups excluding carboxylic acids is 2. The minimum absolute atomic E-state index is 0.00289. The van der Waals surface area contributed by atoms with Crippen LogP contribution in [0.1, 0.15) is 34.8 Å². The molecule has 2 amide bonds. The molecule has 5 nitrogen and oxygen atoms in total. The summed E-state index contributed by atoms with van der Waals surface area (Å²) in [6, 6.07) is 15.4. The number of hydrogen-bond donors (Lipinski definition) is 1. The van der Waals surface area contributed by atoms with E-state index in [1.165, 1.54) is 5.56 Å². The Hall–Kier alpha value is -2.66. The van der Waals surface area contributed by atoms with Crippen LogP contribution in [-0.4, -0.2) is 42.5 Å². The lowest BCUT2D eigenvalue weighted by molar-refractivity contribution is -0.116. The molecule has 1 N–H and O–H groups in total. The third kappa shape index (κ3) is 5.17. The van der Waals surface area contributed by atoms with E-state index in [0.29, 0.717) is 43.9 Å². The first kappa shape index (κ1) is 19.1. The maximum Gasteiger partial charge on any atom is 0.254 e. The van der Waals surface area contributed by atoms with E-state index in [0.717, 1.165) is 5.56 Å². The average Bonchev–Trinajstić information content (AvgIpc) is 2.67. The van der Waals surface area contributed by atoms with Crippen molar-refractivity contribution < 1.29 is 14.3 Å². The van der Waals surface area contributed by atoms with Gasteiger partial charge in [0, 0.05) is 24.2 Å². The molecule has 0 spiro atoms. The fraction of sp³-hybridized carbons (Fsp3) is 0.364. The second-order valence-electron chi connectivity index (χ2n) is 7.04. The molecule has 2 aromatic rings. The van der Waals surface area contributed by atoms with Gasteiger partial charge in [-0.2, -0.15) is 0 Å². The Bertz CT molecular complexity index is 801. The molecular weight excluding hydrogens is 340 g/mol. The van der Waals surface area contributed by atoms with Crippen LogP contribution in [-0.2, 0) is 16.0 Å². The molecule has 2 aromatic carbocycles. The van der Waals surface area contributed by atoms with Crippen LogP contribution in [0.4, 0.5) is 5.69 Å². The molecule has 1 aliphatic rings. The Morgan fingerprint density at radius 1 is 1.19 bits per heavy atom. The standard InChI is InChI=1S/C22H26N2O3/c1-16-4-3-5-18(14-16)6-11-21(25)23-20-9-7-19(8-10-20)22(26)24-12-13-27-15-17(24)2/h3-5,7-10,14,17H,6,11-13,15H2,1-2H3,(H,23,25). The van der Waals surface area contributed by atoms with Crippen molar-refractivity contribution in [3.05, 3.63) is 65.2 Å². The van der Waals surface area contributed by atoms with Gasteiger partial charge < -0.3 is 15.0 Å². The van der Waals surface area contributed by atoms with Crippen LogP contribution in [0.3, 0.4) is 0 Å². The third-order valence-corrected chi connectivity index (χ3v) is 4.77. The Balaban J connectivity index is 1.54. The van der Waals surface area contributed by atoms with Gasteiger partial charge in [0.05, 0.1) is 19.3 Å². The van der Waals surface area contributed by atoms with Gasteiger partial charge in [0.25, 0.3) is 5.91 Å². The van der Waals surface area contributed by atoms with E-state index in [1.807, 2.05) is 36.9 Å². The summed E-state index contributed by atoms with van der Waals surface area (Å²) < 4.78 is 5.38. The maximum atomic E-state index is 12.6.